The molecule has 2 heteroatoms. The van der Waals surface area contributed by atoms with Crippen LogP contribution in [0.4, 0.5) is 0 Å². The molecule has 0 radical (unpaired) electrons. The molecule has 1 N–H and O–H groups in total. The monoisotopic (exact) mass is 238 g/mol. The minimum Gasteiger partial charge on any atom is -0.309 e. The summed E-state index contributed by atoms with van der Waals surface area (Å²) in [6.45, 7) is 10.9. The first kappa shape index (κ1) is 13.4. The molecule has 0 aromatic rings. The van der Waals surface area contributed by atoms with Crippen LogP contribution >= 0.6 is 0 Å². The van der Waals surface area contributed by atoms with Gasteiger partial charge in [-0.1, -0.05) is 33.6 Å². The molecule has 2 aliphatic rings. The molecule has 0 aromatic carbocycles. The highest BCUT2D eigenvalue weighted by Gasteiger charge is 2.42. The van der Waals surface area contributed by atoms with Crippen LogP contribution in [0.1, 0.15) is 65.7 Å². The Bertz CT molecular complexity index is 231. The fourth-order valence-electron chi connectivity index (χ4n) is 4.17. The molecule has 0 atom stereocenters. The molecule has 1 saturated carbocycles. The van der Waals surface area contributed by atoms with Crippen molar-refractivity contribution in [1.82, 2.24) is 10.2 Å². The van der Waals surface area contributed by atoms with E-state index in [2.05, 4.69) is 31.0 Å². The normalized spacial score (nSPS) is 25.6. The number of hydrogen-bond acceptors (Lipinski definition) is 2. The fraction of sp³-hybridized carbons (Fsp3) is 1.00. The molecule has 0 aromatic heterocycles. The van der Waals surface area contributed by atoms with E-state index in [4.69, 9.17) is 0 Å². The van der Waals surface area contributed by atoms with Gasteiger partial charge in [0.1, 0.15) is 0 Å². The van der Waals surface area contributed by atoms with E-state index >= 15 is 0 Å². The van der Waals surface area contributed by atoms with Gasteiger partial charge in [-0.2, -0.15) is 0 Å². The van der Waals surface area contributed by atoms with Gasteiger partial charge in [-0.15, -0.1) is 0 Å². The van der Waals surface area contributed by atoms with E-state index in [0.717, 1.165) is 0 Å². The Morgan fingerprint density at radius 1 is 1.06 bits per heavy atom. The number of nitrogens with zero attached hydrogens (tertiary/aromatic N) is 1. The summed E-state index contributed by atoms with van der Waals surface area (Å²) in [7, 11) is 0. The van der Waals surface area contributed by atoms with Gasteiger partial charge < -0.3 is 5.32 Å². The molecule has 0 bridgehead atoms. The van der Waals surface area contributed by atoms with Gasteiger partial charge in [0.15, 0.2) is 0 Å². The molecule has 2 nitrogen and oxygen atoms in total. The van der Waals surface area contributed by atoms with E-state index in [1.165, 1.54) is 64.6 Å². The van der Waals surface area contributed by atoms with Crippen molar-refractivity contribution in [2.75, 3.05) is 19.6 Å². The maximum Gasteiger partial charge on any atom is 0.0309 e. The molecule has 1 aliphatic heterocycles. The molecule has 17 heavy (non-hydrogen) atoms. The van der Waals surface area contributed by atoms with Crippen molar-refractivity contribution < 1.29 is 0 Å². The molecular formula is C15H30N2. The molecule has 2 fully saturated rings. The van der Waals surface area contributed by atoms with Crippen molar-refractivity contribution in [2.24, 2.45) is 0 Å². The molecular weight excluding hydrogens is 208 g/mol. The topological polar surface area (TPSA) is 15.3 Å². The van der Waals surface area contributed by atoms with E-state index in [1.54, 1.807) is 0 Å². The lowest BCUT2D eigenvalue weighted by atomic mass is 9.84. The molecule has 100 valence electrons. The van der Waals surface area contributed by atoms with Crippen LogP contribution < -0.4 is 5.32 Å². The van der Waals surface area contributed by atoms with Gasteiger partial charge in [-0.3, -0.25) is 4.90 Å². The highest BCUT2D eigenvalue weighted by Crippen LogP contribution is 2.36. The minimum absolute atomic E-state index is 0.470. The molecule has 0 amide bonds. The van der Waals surface area contributed by atoms with Crippen molar-refractivity contribution >= 4 is 0 Å². The lowest BCUT2D eigenvalue weighted by molar-refractivity contribution is 0.0174. The van der Waals surface area contributed by atoms with Gasteiger partial charge in [0.25, 0.3) is 0 Å². The third kappa shape index (κ3) is 2.39. The second-order valence-corrected chi connectivity index (χ2v) is 6.12. The van der Waals surface area contributed by atoms with Gasteiger partial charge in [0, 0.05) is 30.7 Å². The number of rotatable bonds is 4. The van der Waals surface area contributed by atoms with E-state index < -0.39 is 0 Å². The van der Waals surface area contributed by atoms with Gasteiger partial charge >= 0.3 is 0 Å². The van der Waals surface area contributed by atoms with Crippen LogP contribution in [0.5, 0.6) is 0 Å². The van der Waals surface area contributed by atoms with E-state index in [-0.39, 0.29) is 0 Å². The van der Waals surface area contributed by atoms with Crippen LogP contribution in [0.3, 0.4) is 0 Å². The second kappa shape index (κ2) is 5.27. The Morgan fingerprint density at radius 2 is 1.65 bits per heavy atom. The SMILES string of the molecule is CCC(CC)(CC)N1CCNC2(CCCC2)C1. The van der Waals surface area contributed by atoms with Crippen molar-refractivity contribution in [3.63, 3.8) is 0 Å². The van der Waals surface area contributed by atoms with Crippen molar-refractivity contribution in [3.8, 4) is 0 Å². The third-order valence-electron chi connectivity index (χ3n) is 5.58. The largest absolute Gasteiger partial charge is 0.309 e. The van der Waals surface area contributed by atoms with Crippen LogP contribution in [-0.4, -0.2) is 35.6 Å². The van der Waals surface area contributed by atoms with Gasteiger partial charge in [0.2, 0.25) is 0 Å². The van der Waals surface area contributed by atoms with Crippen molar-refractivity contribution in [1.29, 1.82) is 0 Å². The zero-order chi connectivity index (χ0) is 12.4. The second-order valence-electron chi connectivity index (χ2n) is 6.12. The number of nitrogens with one attached hydrogen (secondary N) is 1. The molecule has 0 unspecified atom stereocenters. The minimum atomic E-state index is 0.470. The van der Waals surface area contributed by atoms with Gasteiger partial charge in [0.05, 0.1) is 0 Å². The summed E-state index contributed by atoms with van der Waals surface area (Å²) in [4.78, 5) is 2.81. The third-order valence-corrected chi connectivity index (χ3v) is 5.58. The lowest BCUT2D eigenvalue weighted by Crippen LogP contribution is -2.64. The summed E-state index contributed by atoms with van der Waals surface area (Å²) in [6, 6.07) is 0. The first-order chi connectivity index (χ1) is 8.20. The maximum atomic E-state index is 3.83. The maximum absolute atomic E-state index is 3.83. The summed E-state index contributed by atoms with van der Waals surface area (Å²) >= 11 is 0. The Kier molecular flexibility index (Phi) is 4.14. The van der Waals surface area contributed by atoms with Crippen LogP contribution in [0.2, 0.25) is 0 Å². The van der Waals surface area contributed by atoms with Crippen molar-refractivity contribution in [3.05, 3.63) is 0 Å². The fourth-order valence-corrected chi connectivity index (χ4v) is 4.17. The standard InChI is InChI=1S/C15H30N2/c1-4-15(5-2,6-3)17-12-11-16-14(13-17)9-7-8-10-14/h16H,4-13H2,1-3H3. The number of hydrogen-bond donors (Lipinski definition) is 1. The summed E-state index contributed by atoms with van der Waals surface area (Å²) in [5.74, 6) is 0. The zero-order valence-electron chi connectivity index (χ0n) is 12.0. The van der Waals surface area contributed by atoms with E-state index in [1.807, 2.05) is 0 Å². The van der Waals surface area contributed by atoms with Crippen LogP contribution in [0.25, 0.3) is 0 Å². The van der Waals surface area contributed by atoms with Crippen LogP contribution in [-0.2, 0) is 0 Å². The molecule has 1 aliphatic carbocycles. The quantitative estimate of drug-likeness (QED) is 0.809. The zero-order valence-corrected chi connectivity index (χ0v) is 12.0. The highest BCUT2D eigenvalue weighted by atomic mass is 15.3. The average molecular weight is 238 g/mol. The van der Waals surface area contributed by atoms with Crippen molar-refractivity contribution in [2.45, 2.75) is 76.8 Å². The Morgan fingerprint density at radius 3 is 2.18 bits per heavy atom. The summed E-state index contributed by atoms with van der Waals surface area (Å²) < 4.78 is 0. The average Bonchev–Trinajstić information content (AvgIpc) is 2.80. The van der Waals surface area contributed by atoms with Crippen LogP contribution in [0.15, 0.2) is 0 Å². The molecule has 1 saturated heterocycles. The van der Waals surface area contributed by atoms with E-state index in [9.17, 15) is 0 Å². The summed E-state index contributed by atoms with van der Waals surface area (Å²) in [6.07, 6.45) is 9.56. The van der Waals surface area contributed by atoms with E-state index in [0.29, 0.717) is 11.1 Å². The van der Waals surface area contributed by atoms with Crippen LogP contribution in [0, 0.1) is 0 Å². The predicted molar refractivity (Wildman–Crippen MR) is 74.4 cm³/mol. The highest BCUT2D eigenvalue weighted by molar-refractivity contribution is 5.02. The first-order valence-electron chi connectivity index (χ1n) is 7.70. The summed E-state index contributed by atoms with van der Waals surface area (Å²) in [5, 5.41) is 3.83. The first-order valence-corrected chi connectivity index (χ1v) is 7.70. The Balaban J connectivity index is 2.10. The Hall–Kier alpha value is -0.0800. The lowest BCUT2D eigenvalue weighted by Gasteiger charge is -2.51. The Labute approximate surface area is 107 Å². The van der Waals surface area contributed by atoms with Gasteiger partial charge in [-0.05, 0) is 32.1 Å². The smallest absolute Gasteiger partial charge is 0.0309 e. The molecule has 1 heterocycles. The summed E-state index contributed by atoms with van der Waals surface area (Å²) in [5.41, 5.74) is 0.945. The number of piperazine rings is 1. The predicted octanol–water partition coefficient (Wildman–Crippen LogP) is 3.17. The van der Waals surface area contributed by atoms with Gasteiger partial charge in [-0.25, -0.2) is 0 Å². The molecule has 1 spiro atoms. The molecule has 2 rings (SSSR count).